The monoisotopic (exact) mass is 254 g/mol. The van der Waals surface area contributed by atoms with Crippen LogP contribution in [0.25, 0.3) is 0 Å². The van der Waals surface area contributed by atoms with Crippen molar-refractivity contribution < 1.29 is 4.79 Å². The van der Waals surface area contributed by atoms with E-state index >= 15 is 0 Å². The summed E-state index contributed by atoms with van der Waals surface area (Å²) in [7, 11) is 0. The lowest BCUT2D eigenvalue weighted by Gasteiger charge is -2.18. The second-order valence-electron chi connectivity index (χ2n) is 3.03. The van der Waals surface area contributed by atoms with Gasteiger partial charge >= 0.3 is 0 Å². The molecule has 5 nitrogen and oxygen atoms in total. The van der Waals surface area contributed by atoms with Crippen molar-refractivity contribution in [3.8, 4) is 6.19 Å². The van der Waals surface area contributed by atoms with Crippen molar-refractivity contribution in [3.63, 3.8) is 0 Å². The van der Waals surface area contributed by atoms with Gasteiger partial charge in [-0.25, -0.2) is 0 Å². The van der Waals surface area contributed by atoms with E-state index < -0.39 is 0 Å². The molecule has 0 rings (SSSR count). The summed E-state index contributed by atoms with van der Waals surface area (Å²) in [4.78, 5) is 17.5. The van der Waals surface area contributed by atoms with Gasteiger partial charge in [-0.05, 0) is 13.8 Å². The van der Waals surface area contributed by atoms with Gasteiger partial charge in [0, 0.05) is 13.1 Å². The number of hydrogen-bond donors (Lipinski definition) is 1. The minimum Gasteiger partial charge on any atom is -0.343 e. The molecule has 0 radical (unpaired) electrons. The lowest BCUT2D eigenvalue weighted by molar-refractivity contribution is -0.127. The molecule has 0 aromatic heterocycles. The molecule has 94 valence electrons. The number of hydrogen-bond acceptors (Lipinski definition) is 4. The highest BCUT2D eigenvalue weighted by Gasteiger charge is 2.11. The van der Waals surface area contributed by atoms with Crippen LogP contribution in [0.15, 0.2) is 17.6 Å². The molecule has 0 heterocycles. The Morgan fingerprint density at radius 2 is 2.24 bits per heavy atom. The van der Waals surface area contributed by atoms with Crippen LogP contribution in [0.4, 0.5) is 0 Å². The molecule has 0 saturated carbocycles. The van der Waals surface area contributed by atoms with Crippen molar-refractivity contribution in [2.45, 2.75) is 13.8 Å². The Bertz CT molecular complexity index is 318. The Morgan fingerprint density at radius 3 is 2.71 bits per heavy atom. The van der Waals surface area contributed by atoms with Gasteiger partial charge in [0.15, 0.2) is 11.4 Å². The average Bonchev–Trinajstić information content (AvgIpc) is 2.34. The normalized spacial score (nSPS) is 10.5. The lowest BCUT2D eigenvalue weighted by Crippen LogP contribution is -2.32. The zero-order chi connectivity index (χ0) is 13.1. The van der Waals surface area contributed by atoms with Gasteiger partial charge in [0.2, 0.25) is 5.91 Å². The van der Waals surface area contributed by atoms with Gasteiger partial charge in [0.1, 0.15) is 0 Å². The molecular formula is C11H18N4OS. The molecule has 0 fully saturated rings. The summed E-state index contributed by atoms with van der Waals surface area (Å²) in [5.74, 6) is 0.331. The highest BCUT2D eigenvalue weighted by molar-refractivity contribution is 8.14. The molecule has 0 saturated heterocycles. The number of amidine groups is 1. The molecule has 1 N–H and O–H groups in total. The average molecular weight is 254 g/mol. The second kappa shape index (κ2) is 9.73. The number of carbonyl (C=O) groups excluding carboxylic acids is 1. The second-order valence-corrected chi connectivity index (χ2v) is 3.99. The predicted molar refractivity (Wildman–Crippen MR) is 71.6 cm³/mol. The number of nitrogens with one attached hydrogen (secondary N) is 1. The molecule has 0 aliphatic carbocycles. The molecular weight excluding hydrogens is 236 g/mol. The van der Waals surface area contributed by atoms with E-state index in [-0.39, 0.29) is 11.7 Å². The number of rotatable bonds is 6. The minimum absolute atomic E-state index is 0.0473. The SMILES string of the molecule is C=CCN=C(NC#N)SCC(=O)N(CC)CC. The topological polar surface area (TPSA) is 68.5 Å². The molecule has 0 atom stereocenters. The molecule has 0 spiro atoms. The fourth-order valence-corrected chi connectivity index (χ4v) is 1.84. The van der Waals surface area contributed by atoms with Gasteiger partial charge in [-0.3, -0.25) is 15.1 Å². The largest absolute Gasteiger partial charge is 0.343 e. The number of nitriles is 1. The van der Waals surface area contributed by atoms with E-state index in [0.29, 0.717) is 24.8 Å². The van der Waals surface area contributed by atoms with Gasteiger partial charge in [-0.15, -0.1) is 6.58 Å². The van der Waals surface area contributed by atoms with Gasteiger partial charge in [-0.1, -0.05) is 17.8 Å². The molecule has 0 unspecified atom stereocenters. The quantitative estimate of drug-likeness (QED) is 0.254. The third-order valence-electron chi connectivity index (χ3n) is 1.98. The Labute approximate surface area is 107 Å². The molecule has 0 aromatic carbocycles. The molecule has 0 aliphatic heterocycles. The smallest absolute Gasteiger partial charge is 0.233 e. The van der Waals surface area contributed by atoms with Crippen molar-refractivity contribution in [2.75, 3.05) is 25.4 Å². The van der Waals surface area contributed by atoms with E-state index in [4.69, 9.17) is 5.26 Å². The third kappa shape index (κ3) is 6.64. The van der Waals surface area contributed by atoms with Gasteiger partial charge in [0.05, 0.1) is 12.3 Å². The fourth-order valence-electron chi connectivity index (χ4n) is 1.11. The van der Waals surface area contributed by atoms with E-state index in [1.54, 1.807) is 17.2 Å². The number of nitrogens with zero attached hydrogens (tertiary/aromatic N) is 3. The number of thioether (sulfide) groups is 1. The molecule has 17 heavy (non-hydrogen) atoms. The highest BCUT2D eigenvalue weighted by Crippen LogP contribution is 2.04. The van der Waals surface area contributed by atoms with Crippen LogP contribution >= 0.6 is 11.8 Å². The van der Waals surface area contributed by atoms with E-state index in [2.05, 4.69) is 16.9 Å². The summed E-state index contributed by atoms with van der Waals surface area (Å²) in [5, 5.41) is 11.4. The van der Waals surface area contributed by atoms with Crippen LogP contribution < -0.4 is 5.32 Å². The lowest BCUT2D eigenvalue weighted by atomic mass is 10.5. The Balaban J connectivity index is 4.25. The summed E-state index contributed by atoms with van der Waals surface area (Å²) in [6, 6.07) is 0. The Kier molecular flexibility index (Phi) is 8.88. The first-order chi connectivity index (χ1) is 8.19. The van der Waals surface area contributed by atoms with Crippen LogP contribution in [0.3, 0.4) is 0 Å². The first-order valence-electron chi connectivity index (χ1n) is 5.40. The summed E-state index contributed by atoms with van der Waals surface area (Å²) in [5.41, 5.74) is 0. The van der Waals surface area contributed by atoms with E-state index in [0.717, 1.165) is 0 Å². The standard InChI is InChI=1S/C11H18N4OS/c1-4-7-13-11(14-9-12)17-8-10(16)15(5-2)6-3/h4H,1,5-8H2,2-3H3,(H,13,14). The van der Waals surface area contributed by atoms with E-state index in [9.17, 15) is 4.79 Å². The zero-order valence-corrected chi connectivity index (χ0v) is 11.1. The number of amides is 1. The fraction of sp³-hybridized carbons (Fsp3) is 0.545. The maximum absolute atomic E-state index is 11.7. The summed E-state index contributed by atoms with van der Waals surface area (Å²) in [6.45, 7) is 9.23. The van der Waals surface area contributed by atoms with Crippen molar-refractivity contribution in [3.05, 3.63) is 12.7 Å². The minimum atomic E-state index is 0.0473. The summed E-state index contributed by atoms with van der Waals surface area (Å²) < 4.78 is 0. The predicted octanol–water partition coefficient (Wildman–Crippen LogP) is 1.20. The summed E-state index contributed by atoms with van der Waals surface area (Å²) >= 11 is 1.23. The zero-order valence-electron chi connectivity index (χ0n) is 10.3. The van der Waals surface area contributed by atoms with Gasteiger partial charge in [-0.2, -0.15) is 5.26 Å². The molecule has 6 heteroatoms. The Morgan fingerprint density at radius 1 is 1.59 bits per heavy atom. The third-order valence-corrected chi connectivity index (χ3v) is 2.87. The van der Waals surface area contributed by atoms with Gasteiger partial charge in [0.25, 0.3) is 0 Å². The van der Waals surface area contributed by atoms with E-state index in [1.165, 1.54) is 11.8 Å². The number of aliphatic imine (C=N–C) groups is 1. The van der Waals surface area contributed by atoms with Gasteiger partial charge < -0.3 is 4.90 Å². The van der Waals surface area contributed by atoms with Crippen LogP contribution in [0.2, 0.25) is 0 Å². The van der Waals surface area contributed by atoms with Crippen LogP contribution in [0.5, 0.6) is 0 Å². The molecule has 1 amide bonds. The first-order valence-corrected chi connectivity index (χ1v) is 6.39. The van der Waals surface area contributed by atoms with Crippen LogP contribution in [0, 0.1) is 11.5 Å². The van der Waals surface area contributed by atoms with E-state index in [1.807, 2.05) is 13.8 Å². The maximum atomic E-state index is 11.7. The first kappa shape index (κ1) is 15.5. The van der Waals surface area contributed by atoms with Crippen LogP contribution in [-0.4, -0.2) is 41.4 Å². The van der Waals surface area contributed by atoms with Crippen molar-refractivity contribution in [1.82, 2.24) is 10.2 Å². The van der Waals surface area contributed by atoms with Crippen molar-refractivity contribution >= 4 is 22.8 Å². The summed E-state index contributed by atoms with van der Waals surface area (Å²) in [6.07, 6.45) is 3.43. The van der Waals surface area contributed by atoms with Crippen LogP contribution in [-0.2, 0) is 4.79 Å². The highest BCUT2D eigenvalue weighted by atomic mass is 32.2. The van der Waals surface area contributed by atoms with Crippen molar-refractivity contribution in [1.29, 1.82) is 5.26 Å². The maximum Gasteiger partial charge on any atom is 0.233 e. The molecule has 0 aliphatic rings. The number of carbonyl (C=O) groups is 1. The molecule has 0 aromatic rings. The van der Waals surface area contributed by atoms with Crippen LogP contribution in [0.1, 0.15) is 13.8 Å². The molecule has 0 bridgehead atoms. The van der Waals surface area contributed by atoms with Crippen molar-refractivity contribution in [2.24, 2.45) is 4.99 Å². The Hall–Kier alpha value is -1.48.